The third-order valence-corrected chi connectivity index (χ3v) is 4.92. The molecule has 4 aromatic rings. The minimum Gasteiger partial charge on any atom is -0.383 e. The van der Waals surface area contributed by atoms with Crippen molar-refractivity contribution in [2.24, 2.45) is 0 Å². The molecule has 140 valence electrons. The molecule has 0 unspecified atom stereocenters. The second kappa shape index (κ2) is 7.26. The lowest BCUT2D eigenvalue weighted by Crippen LogP contribution is -2.08. The van der Waals surface area contributed by atoms with E-state index in [1.807, 2.05) is 61.5 Å². The summed E-state index contributed by atoms with van der Waals surface area (Å²) < 4.78 is 0. The number of anilines is 2. The number of nitrogens with zero attached hydrogens (tertiary/aromatic N) is 4. The van der Waals surface area contributed by atoms with Crippen molar-refractivity contribution in [1.29, 1.82) is 0 Å². The van der Waals surface area contributed by atoms with Gasteiger partial charge in [0.2, 0.25) is 0 Å². The van der Waals surface area contributed by atoms with Crippen LogP contribution in [0.4, 0.5) is 11.5 Å². The highest BCUT2D eigenvalue weighted by atomic mass is 35.5. The molecule has 5 nitrogen and oxygen atoms in total. The first-order valence-corrected chi connectivity index (χ1v) is 9.33. The van der Waals surface area contributed by atoms with E-state index in [0.29, 0.717) is 26.9 Å². The standard InChI is InChI=1S/C21H17Cl2N5/c1-28(2)16-5-3-12(4-6-16)18-10-17(13-7-14(22)9-15(23)8-13)19-20(24)25-11-26-21(19)27-18/h3-11H,1-2H3,(H2,24,25,26,27). The van der Waals surface area contributed by atoms with Crippen LogP contribution in [0.2, 0.25) is 10.0 Å². The average molecular weight is 410 g/mol. The molecule has 0 saturated carbocycles. The monoisotopic (exact) mass is 409 g/mol. The van der Waals surface area contributed by atoms with Gasteiger partial charge in [-0.15, -0.1) is 0 Å². The molecule has 2 heterocycles. The molecule has 0 saturated heterocycles. The largest absolute Gasteiger partial charge is 0.383 e. The van der Waals surface area contributed by atoms with E-state index in [4.69, 9.17) is 33.9 Å². The molecule has 0 aliphatic carbocycles. The summed E-state index contributed by atoms with van der Waals surface area (Å²) in [5.41, 5.74) is 11.2. The predicted molar refractivity (Wildman–Crippen MR) is 117 cm³/mol. The van der Waals surface area contributed by atoms with Crippen molar-refractivity contribution in [2.45, 2.75) is 0 Å². The quantitative estimate of drug-likeness (QED) is 0.496. The average Bonchev–Trinajstić information content (AvgIpc) is 2.66. The maximum absolute atomic E-state index is 6.23. The van der Waals surface area contributed by atoms with Crippen molar-refractivity contribution in [3.8, 4) is 22.4 Å². The van der Waals surface area contributed by atoms with Crippen molar-refractivity contribution in [1.82, 2.24) is 15.0 Å². The molecule has 7 heteroatoms. The van der Waals surface area contributed by atoms with Crippen molar-refractivity contribution in [2.75, 3.05) is 24.7 Å². The van der Waals surface area contributed by atoms with Crippen LogP contribution < -0.4 is 10.6 Å². The zero-order chi connectivity index (χ0) is 19.8. The summed E-state index contributed by atoms with van der Waals surface area (Å²) in [5, 5.41) is 1.76. The first kappa shape index (κ1) is 18.5. The molecule has 0 aliphatic heterocycles. The Kier molecular flexibility index (Phi) is 4.79. The van der Waals surface area contributed by atoms with Crippen molar-refractivity contribution in [3.63, 3.8) is 0 Å². The lowest BCUT2D eigenvalue weighted by Gasteiger charge is -2.14. The molecule has 28 heavy (non-hydrogen) atoms. The van der Waals surface area contributed by atoms with Crippen LogP contribution in [0.5, 0.6) is 0 Å². The normalized spacial score (nSPS) is 11.0. The Labute approximate surface area is 172 Å². The summed E-state index contributed by atoms with van der Waals surface area (Å²) in [6, 6.07) is 15.5. The SMILES string of the molecule is CN(C)c1ccc(-c2cc(-c3cc(Cl)cc(Cl)c3)c3c(N)ncnc3n2)cc1. The Balaban J connectivity index is 1.97. The van der Waals surface area contributed by atoms with Crippen LogP contribution in [-0.2, 0) is 0 Å². The zero-order valence-electron chi connectivity index (χ0n) is 15.3. The van der Waals surface area contributed by atoms with Gasteiger partial charge in [0.15, 0.2) is 5.65 Å². The Hall–Kier alpha value is -2.89. The van der Waals surface area contributed by atoms with Crippen molar-refractivity contribution in [3.05, 3.63) is 64.9 Å². The van der Waals surface area contributed by atoms with Gasteiger partial charge in [0.25, 0.3) is 0 Å². The number of halogens is 2. The highest BCUT2D eigenvalue weighted by Crippen LogP contribution is 2.36. The number of benzene rings is 2. The predicted octanol–water partition coefficient (Wildman–Crippen LogP) is 5.31. The highest BCUT2D eigenvalue weighted by Gasteiger charge is 2.14. The molecule has 2 aromatic carbocycles. The third kappa shape index (κ3) is 3.46. The Morgan fingerprint density at radius 3 is 2.18 bits per heavy atom. The Morgan fingerprint density at radius 1 is 0.857 bits per heavy atom. The van der Waals surface area contributed by atoms with E-state index in [1.54, 1.807) is 6.07 Å². The van der Waals surface area contributed by atoms with Gasteiger partial charge in [-0.05, 0) is 47.5 Å². The van der Waals surface area contributed by atoms with Crippen LogP contribution in [0, 0.1) is 0 Å². The van der Waals surface area contributed by atoms with Gasteiger partial charge in [-0.25, -0.2) is 15.0 Å². The van der Waals surface area contributed by atoms with Crippen molar-refractivity contribution >= 4 is 45.7 Å². The van der Waals surface area contributed by atoms with Crippen molar-refractivity contribution < 1.29 is 0 Å². The molecule has 0 aliphatic rings. The second-order valence-corrected chi connectivity index (χ2v) is 7.48. The number of rotatable bonds is 3. The second-order valence-electron chi connectivity index (χ2n) is 6.61. The summed E-state index contributed by atoms with van der Waals surface area (Å²) in [6.07, 6.45) is 1.41. The lowest BCUT2D eigenvalue weighted by atomic mass is 9.99. The number of nitrogens with two attached hydrogens (primary N) is 1. The molecule has 2 N–H and O–H groups in total. The van der Waals surface area contributed by atoms with Crippen LogP contribution in [0.3, 0.4) is 0 Å². The molecule has 0 bridgehead atoms. The van der Waals surface area contributed by atoms with Gasteiger partial charge in [0, 0.05) is 35.4 Å². The number of fused-ring (bicyclic) bond motifs is 1. The molecule has 0 fully saturated rings. The van der Waals surface area contributed by atoms with Gasteiger partial charge in [-0.1, -0.05) is 35.3 Å². The van der Waals surface area contributed by atoms with Crippen LogP contribution >= 0.6 is 23.2 Å². The van der Waals surface area contributed by atoms with E-state index in [1.165, 1.54) is 6.33 Å². The molecule has 0 atom stereocenters. The summed E-state index contributed by atoms with van der Waals surface area (Å²) in [4.78, 5) is 15.2. The minimum absolute atomic E-state index is 0.359. The number of nitrogen functional groups attached to an aromatic ring is 1. The lowest BCUT2D eigenvalue weighted by molar-refractivity contribution is 1.13. The van der Waals surface area contributed by atoms with E-state index in [2.05, 4.69) is 9.97 Å². The molecule has 0 amide bonds. The van der Waals surface area contributed by atoms with E-state index in [9.17, 15) is 0 Å². The molecule has 0 radical (unpaired) electrons. The van der Waals surface area contributed by atoms with Crippen LogP contribution in [0.1, 0.15) is 0 Å². The molecule has 4 rings (SSSR count). The molecular formula is C21H17Cl2N5. The van der Waals surface area contributed by atoms with Gasteiger partial charge in [-0.2, -0.15) is 0 Å². The summed E-state index contributed by atoms with van der Waals surface area (Å²) >= 11 is 12.5. The maximum Gasteiger partial charge on any atom is 0.165 e. The molecular weight excluding hydrogens is 393 g/mol. The van der Waals surface area contributed by atoms with Gasteiger partial charge in [0.1, 0.15) is 12.1 Å². The minimum atomic E-state index is 0.359. The first-order valence-electron chi connectivity index (χ1n) is 8.58. The topological polar surface area (TPSA) is 67.9 Å². The Morgan fingerprint density at radius 2 is 1.54 bits per heavy atom. The van der Waals surface area contributed by atoms with E-state index < -0.39 is 0 Å². The fourth-order valence-electron chi connectivity index (χ4n) is 3.10. The number of hydrogen-bond acceptors (Lipinski definition) is 5. The fourth-order valence-corrected chi connectivity index (χ4v) is 3.63. The van der Waals surface area contributed by atoms with Crippen LogP contribution in [0.25, 0.3) is 33.4 Å². The van der Waals surface area contributed by atoms with E-state index in [-0.39, 0.29) is 0 Å². The van der Waals surface area contributed by atoms with Gasteiger partial charge in [-0.3, -0.25) is 0 Å². The van der Waals surface area contributed by atoms with E-state index in [0.717, 1.165) is 28.1 Å². The summed E-state index contributed by atoms with van der Waals surface area (Å²) in [5.74, 6) is 0.359. The number of aromatic nitrogens is 3. The third-order valence-electron chi connectivity index (χ3n) is 4.49. The maximum atomic E-state index is 6.23. The van der Waals surface area contributed by atoms with Crippen LogP contribution in [0.15, 0.2) is 54.9 Å². The summed E-state index contributed by atoms with van der Waals surface area (Å²) in [7, 11) is 4.01. The highest BCUT2D eigenvalue weighted by molar-refractivity contribution is 6.35. The van der Waals surface area contributed by atoms with Gasteiger partial charge < -0.3 is 10.6 Å². The summed E-state index contributed by atoms with van der Waals surface area (Å²) in [6.45, 7) is 0. The Bertz CT molecular complexity index is 1150. The first-order chi connectivity index (χ1) is 13.4. The number of hydrogen-bond donors (Lipinski definition) is 1. The van der Waals surface area contributed by atoms with E-state index >= 15 is 0 Å². The molecule has 0 spiro atoms. The molecule has 2 aromatic heterocycles. The van der Waals surface area contributed by atoms with Gasteiger partial charge in [0.05, 0.1) is 11.1 Å². The van der Waals surface area contributed by atoms with Gasteiger partial charge >= 0.3 is 0 Å². The smallest absolute Gasteiger partial charge is 0.165 e. The zero-order valence-corrected chi connectivity index (χ0v) is 16.8. The number of pyridine rings is 1. The fraction of sp³-hybridized carbons (Fsp3) is 0.0952. The van der Waals surface area contributed by atoms with Crippen LogP contribution in [-0.4, -0.2) is 29.0 Å².